The Morgan fingerprint density at radius 1 is 1.29 bits per heavy atom. The number of aromatic nitrogens is 2. The van der Waals surface area contributed by atoms with E-state index < -0.39 is 5.60 Å². The number of aliphatic hydroxyl groups is 1. The first-order valence-corrected chi connectivity index (χ1v) is 7.40. The van der Waals surface area contributed by atoms with Crippen LogP contribution in [0.1, 0.15) is 23.4 Å². The van der Waals surface area contributed by atoms with Crippen LogP contribution < -0.4 is 4.90 Å². The van der Waals surface area contributed by atoms with Crippen molar-refractivity contribution in [2.24, 2.45) is 0 Å². The SMILES string of the molecule is Cc1ncc(Cl)c(N2CCC(O)(c3ccccc3C)C2)n1. The van der Waals surface area contributed by atoms with Crippen LogP contribution in [0, 0.1) is 13.8 Å². The fraction of sp³-hybridized carbons (Fsp3) is 0.375. The lowest BCUT2D eigenvalue weighted by Crippen LogP contribution is -2.32. The first kappa shape index (κ1) is 14.3. The highest BCUT2D eigenvalue weighted by atomic mass is 35.5. The molecule has 4 nitrogen and oxygen atoms in total. The summed E-state index contributed by atoms with van der Waals surface area (Å²) in [7, 11) is 0. The fourth-order valence-corrected chi connectivity index (χ4v) is 3.17. The molecule has 1 saturated heterocycles. The predicted octanol–water partition coefficient (Wildman–Crippen LogP) is 2.84. The topological polar surface area (TPSA) is 49.2 Å². The molecule has 3 rings (SSSR count). The van der Waals surface area contributed by atoms with Crippen molar-refractivity contribution in [3.05, 3.63) is 52.4 Å². The minimum atomic E-state index is -0.854. The van der Waals surface area contributed by atoms with E-state index in [4.69, 9.17) is 11.6 Å². The second-order valence-electron chi connectivity index (χ2n) is 5.61. The molecule has 2 heterocycles. The summed E-state index contributed by atoms with van der Waals surface area (Å²) >= 11 is 6.20. The molecule has 1 aromatic heterocycles. The Morgan fingerprint density at radius 2 is 2.05 bits per heavy atom. The second kappa shape index (κ2) is 5.28. The zero-order chi connectivity index (χ0) is 15.0. The van der Waals surface area contributed by atoms with E-state index in [1.54, 1.807) is 6.20 Å². The van der Waals surface area contributed by atoms with Crippen LogP contribution in [0.4, 0.5) is 5.82 Å². The van der Waals surface area contributed by atoms with Crippen molar-refractivity contribution in [2.45, 2.75) is 25.9 Å². The van der Waals surface area contributed by atoms with Crippen LogP contribution in [0.2, 0.25) is 5.02 Å². The molecule has 2 aromatic rings. The van der Waals surface area contributed by atoms with Gasteiger partial charge in [0.2, 0.25) is 0 Å². The number of benzene rings is 1. The molecule has 1 atom stereocenters. The molecule has 0 bridgehead atoms. The summed E-state index contributed by atoms with van der Waals surface area (Å²) in [4.78, 5) is 10.5. The highest BCUT2D eigenvalue weighted by Gasteiger charge is 2.39. The standard InChI is InChI=1S/C16H18ClN3O/c1-11-5-3-4-6-13(11)16(21)7-8-20(10-16)15-14(17)9-18-12(2)19-15/h3-6,9,21H,7-8,10H2,1-2H3. The van der Waals surface area contributed by atoms with E-state index in [2.05, 4.69) is 9.97 Å². The first-order chi connectivity index (χ1) is 9.99. The van der Waals surface area contributed by atoms with Crippen molar-refractivity contribution in [1.29, 1.82) is 0 Å². The lowest BCUT2D eigenvalue weighted by molar-refractivity contribution is 0.0600. The number of β-amino-alcohol motifs (C(OH)–C–C–N with tert-alkyl or cyclic N) is 1. The van der Waals surface area contributed by atoms with Crippen molar-refractivity contribution in [3.63, 3.8) is 0 Å². The lowest BCUT2D eigenvalue weighted by Gasteiger charge is -2.26. The summed E-state index contributed by atoms with van der Waals surface area (Å²) in [6.45, 7) is 5.08. The van der Waals surface area contributed by atoms with Crippen molar-refractivity contribution in [2.75, 3.05) is 18.0 Å². The zero-order valence-corrected chi connectivity index (χ0v) is 12.9. The van der Waals surface area contributed by atoms with Crippen LogP contribution in [0.3, 0.4) is 0 Å². The second-order valence-corrected chi connectivity index (χ2v) is 6.01. The van der Waals surface area contributed by atoms with Gasteiger partial charge in [0.1, 0.15) is 16.4 Å². The van der Waals surface area contributed by atoms with E-state index >= 15 is 0 Å². The van der Waals surface area contributed by atoms with Gasteiger partial charge < -0.3 is 10.0 Å². The quantitative estimate of drug-likeness (QED) is 0.927. The molecule has 1 fully saturated rings. The van der Waals surface area contributed by atoms with Gasteiger partial charge in [-0.25, -0.2) is 9.97 Å². The van der Waals surface area contributed by atoms with Crippen LogP contribution in [-0.4, -0.2) is 28.2 Å². The van der Waals surface area contributed by atoms with E-state index in [0.29, 0.717) is 29.6 Å². The molecule has 110 valence electrons. The predicted molar refractivity (Wildman–Crippen MR) is 83.7 cm³/mol. The Morgan fingerprint density at radius 3 is 2.81 bits per heavy atom. The number of halogens is 1. The molecule has 21 heavy (non-hydrogen) atoms. The smallest absolute Gasteiger partial charge is 0.151 e. The minimum absolute atomic E-state index is 0.494. The number of hydrogen-bond acceptors (Lipinski definition) is 4. The molecule has 1 aliphatic heterocycles. The lowest BCUT2D eigenvalue weighted by atomic mass is 9.89. The van der Waals surface area contributed by atoms with E-state index in [1.165, 1.54) is 0 Å². The van der Waals surface area contributed by atoms with Crippen LogP contribution in [0.25, 0.3) is 0 Å². The van der Waals surface area contributed by atoms with E-state index in [1.807, 2.05) is 43.0 Å². The third-order valence-electron chi connectivity index (χ3n) is 4.04. The Bertz CT molecular complexity index is 676. The molecular formula is C16H18ClN3O. The normalized spacial score (nSPS) is 21.8. The molecule has 1 unspecified atom stereocenters. The largest absolute Gasteiger partial charge is 0.383 e. The fourth-order valence-electron chi connectivity index (χ4n) is 2.95. The van der Waals surface area contributed by atoms with Gasteiger partial charge in [-0.2, -0.15) is 0 Å². The molecule has 5 heteroatoms. The molecular weight excluding hydrogens is 286 g/mol. The number of rotatable bonds is 2. The van der Waals surface area contributed by atoms with E-state index in [-0.39, 0.29) is 0 Å². The Balaban J connectivity index is 1.91. The number of nitrogens with zero attached hydrogens (tertiary/aromatic N) is 3. The summed E-state index contributed by atoms with van der Waals surface area (Å²) in [6, 6.07) is 7.97. The van der Waals surface area contributed by atoms with Gasteiger partial charge >= 0.3 is 0 Å². The summed E-state index contributed by atoms with van der Waals surface area (Å²) in [5, 5.41) is 11.5. The zero-order valence-electron chi connectivity index (χ0n) is 12.2. The third-order valence-corrected chi connectivity index (χ3v) is 4.31. The average molecular weight is 304 g/mol. The van der Waals surface area contributed by atoms with Gasteiger partial charge in [-0.3, -0.25) is 0 Å². The van der Waals surface area contributed by atoms with E-state index in [0.717, 1.165) is 17.7 Å². The molecule has 0 saturated carbocycles. The van der Waals surface area contributed by atoms with Gasteiger partial charge in [-0.15, -0.1) is 0 Å². The maximum atomic E-state index is 11.0. The maximum Gasteiger partial charge on any atom is 0.151 e. The van der Waals surface area contributed by atoms with Crippen molar-refractivity contribution >= 4 is 17.4 Å². The van der Waals surface area contributed by atoms with Crippen molar-refractivity contribution in [3.8, 4) is 0 Å². The monoisotopic (exact) mass is 303 g/mol. The first-order valence-electron chi connectivity index (χ1n) is 7.02. The van der Waals surface area contributed by atoms with Gasteiger partial charge in [0, 0.05) is 6.54 Å². The van der Waals surface area contributed by atoms with Gasteiger partial charge in [-0.05, 0) is 31.4 Å². The van der Waals surface area contributed by atoms with Crippen LogP contribution in [-0.2, 0) is 5.60 Å². The van der Waals surface area contributed by atoms with Crippen LogP contribution in [0.15, 0.2) is 30.5 Å². The van der Waals surface area contributed by atoms with Crippen LogP contribution in [0.5, 0.6) is 0 Å². The van der Waals surface area contributed by atoms with Crippen molar-refractivity contribution < 1.29 is 5.11 Å². The molecule has 0 radical (unpaired) electrons. The van der Waals surface area contributed by atoms with Crippen LogP contribution >= 0.6 is 11.6 Å². The minimum Gasteiger partial charge on any atom is -0.383 e. The molecule has 0 amide bonds. The van der Waals surface area contributed by atoms with Gasteiger partial charge in [0.05, 0.1) is 12.7 Å². The van der Waals surface area contributed by atoms with Gasteiger partial charge in [0.15, 0.2) is 5.82 Å². The molecule has 0 aliphatic carbocycles. The number of anilines is 1. The average Bonchev–Trinajstić information content (AvgIpc) is 2.85. The number of aryl methyl sites for hydroxylation is 2. The summed E-state index contributed by atoms with van der Waals surface area (Å²) in [5.74, 6) is 1.38. The third kappa shape index (κ3) is 2.61. The highest BCUT2D eigenvalue weighted by molar-refractivity contribution is 6.32. The molecule has 1 N–H and O–H groups in total. The van der Waals surface area contributed by atoms with Gasteiger partial charge in [-0.1, -0.05) is 35.9 Å². The Labute approximate surface area is 129 Å². The number of hydrogen-bond donors (Lipinski definition) is 1. The highest BCUT2D eigenvalue weighted by Crippen LogP contribution is 2.37. The Kier molecular flexibility index (Phi) is 3.59. The Hall–Kier alpha value is -1.65. The summed E-state index contributed by atoms with van der Waals surface area (Å²) in [5.41, 5.74) is 1.23. The van der Waals surface area contributed by atoms with Crippen molar-refractivity contribution in [1.82, 2.24) is 9.97 Å². The van der Waals surface area contributed by atoms with Gasteiger partial charge in [0.25, 0.3) is 0 Å². The molecule has 1 aromatic carbocycles. The maximum absolute atomic E-state index is 11.0. The summed E-state index contributed by atoms with van der Waals surface area (Å²) in [6.07, 6.45) is 2.28. The molecule has 1 aliphatic rings. The molecule has 0 spiro atoms. The van der Waals surface area contributed by atoms with E-state index in [9.17, 15) is 5.11 Å². The summed E-state index contributed by atoms with van der Waals surface area (Å²) < 4.78 is 0.